The van der Waals surface area contributed by atoms with E-state index in [4.69, 9.17) is 0 Å². The first kappa shape index (κ1) is 21.0. The first-order chi connectivity index (χ1) is 14.4. The second-order valence-corrected chi connectivity index (χ2v) is 6.44. The molecule has 154 valence electrons. The molecule has 3 aromatic rings. The Hall–Kier alpha value is -3.74. The van der Waals surface area contributed by atoms with Gasteiger partial charge in [0, 0.05) is 36.3 Å². The third-order valence-corrected chi connectivity index (χ3v) is 4.53. The molecule has 0 fully saturated rings. The zero-order valence-corrected chi connectivity index (χ0v) is 16.6. The minimum atomic E-state index is -0.863. The van der Waals surface area contributed by atoms with Crippen LogP contribution in [0.5, 0.6) is 0 Å². The van der Waals surface area contributed by atoms with Crippen molar-refractivity contribution in [1.29, 1.82) is 0 Å². The van der Waals surface area contributed by atoms with Crippen LogP contribution in [-0.2, 0) is 0 Å². The molecule has 1 aromatic heterocycles. The molecule has 0 unspecified atom stereocenters. The number of rotatable bonds is 6. The Labute approximate surface area is 172 Å². The number of nitrogens with one attached hydrogen (secondary N) is 1. The van der Waals surface area contributed by atoms with E-state index in [0.717, 1.165) is 16.7 Å². The van der Waals surface area contributed by atoms with Crippen molar-refractivity contribution in [1.82, 2.24) is 4.57 Å². The highest BCUT2D eigenvalue weighted by Gasteiger charge is 2.21. The normalized spacial score (nSPS) is 11.4. The third kappa shape index (κ3) is 3.87. The molecule has 0 saturated heterocycles. The van der Waals surface area contributed by atoms with Crippen molar-refractivity contribution in [3.05, 3.63) is 99.9 Å². The molecular weight excluding hydrogens is 388 g/mol. The van der Waals surface area contributed by atoms with Gasteiger partial charge < -0.3 is 10.4 Å². The van der Waals surface area contributed by atoms with Crippen LogP contribution in [0.25, 0.3) is 11.4 Å². The second kappa shape index (κ2) is 8.73. The fourth-order valence-corrected chi connectivity index (χ4v) is 3.24. The quantitative estimate of drug-likeness (QED) is 0.464. The number of aromatic nitrogens is 1. The Morgan fingerprint density at radius 3 is 2.33 bits per heavy atom. The number of hydrogen-bond acceptors (Lipinski definition) is 4. The van der Waals surface area contributed by atoms with E-state index < -0.39 is 22.9 Å². The van der Waals surface area contributed by atoms with Gasteiger partial charge in [0.1, 0.15) is 28.9 Å². The summed E-state index contributed by atoms with van der Waals surface area (Å²) < 4.78 is 29.9. The maximum atomic E-state index is 14.5. The van der Waals surface area contributed by atoms with Gasteiger partial charge >= 0.3 is 0 Å². The maximum Gasteiger partial charge on any atom is 0.256 e. The van der Waals surface area contributed by atoms with E-state index in [0.29, 0.717) is 28.9 Å². The number of halogens is 2. The van der Waals surface area contributed by atoms with Crippen LogP contribution < -0.4 is 10.9 Å². The van der Waals surface area contributed by atoms with Gasteiger partial charge in [-0.25, -0.2) is 8.78 Å². The van der Waals surface area contributed by atoms with Gasteiger partial charge in [0.2, 0.25) is 0 Å². The molecule has 7 heteroatoms. The minimum Gasteiger partial charge on any atom is -0.508 e. The van der Waals surface area contributed by atoms with Crippen molar-refractivity contribution in [3.63, 3.8) is 0 Å². The van der Waals surface area contributed by atoms with E-state index in [2.05, 4.69) is 16.9 Å². The third-order valence-electron chi connectivity index (χ3n) is 4.53. The molecule has 0 saturated carbocycles. The average molecular weight is 409 g/mol. The highest BCUT2D eigenvalue weighted by Crippen LogP contribution is 2.25. The van der Waals surface area contributed by atoms with E-state index in [-0.39, 0.29) is 11.6 Å². The predicted molar refractivity (Wildman–Crippen MR) is 116 cm³/mol. The Morgan fingerprint density at radius 1 is 1.10 bits per heavy atom. The lowest BCUT2D eigenvalue weighted by Crippen LogP contribution is -2.25. The molecule has 0 aliphatic rings. The van der Waals surface area contributed by atoms with Gasteiger partial charge in [-0.2, -0.15) is 0 Å². The van der Waals surface area contributed by atoms with Crippen molar-refractivity contribution < 1.29 is 13.9 Å². The van der Waals surface area contributed by atoms with Gasteiger partial charge in [-0.1, -0.05) is 30.8 Å². The summed E-state index contributed by atoms with van der Waals surface area (Å²) in [6.45, 7) is 5.81. The fourth-order valence-electron chi connectivity index (χ4n) is 3.24. The summed E-state index contributed by atoms with van der Waals surface area (Å²) in [5.74, 6) is -1.64. The fraction of sp³-hybridized carbons (Fsp3) is 0.130. The number of aliphatic hydroxyl groups excluding tert-OH is 1. The largest absolute Gasteiger partial charge is 0.508 e. The Kier molecular flexibility index (Phi) is 6.11. The van der Waals surface area contributed by atoms with Gasteiger partial charge in [-0.3, -0.25) is 14.4 Å². The standard InChI is InChI=1S/C23H21F2N3O2/c1-4-27-21(16-8-5-7-15(13-16)14(2)29)17-11-12-20(30)28(23(17)26-3)22-18(24)9-6-10-19(22)25/h5-13,26,29H,2,4H2,1,3H3. The van der Waals surface area contributed by atoms with Crippen LogP contribution in [0.3, 0.4) is 0 Å². The summed E-state index contributed by atoms with van der Waals surface area (Å²) >= 11 is 0. The van der Waals surface area contributed by atoms with Gasteiger partial charge in [0.05, 0.1) is 5.71 Å². The van der Waals surface area contributed by atoms with Gasteiger partial charge in [0.15, 0.2) is 0 Å². The van der Waals surface area contributed by atoms with Crippen LogP contribution in [0, 0.1) is 11.6 Å². The Bertz CT molecular complexity index is 1180. The van der Waals surface area contributed by atoms with Crippen LogP contribution in [0.4, 0.5) is 14.6 Å². The van der Waals surface area contributed by atoms with Crippen LogP contribution in [0.2, 0.25) is 0 Å². The summed E-state index contributed by atoms with van der Waals surface area (Å²) in [5.41, 5.74) is 1.07. The number of aliphatic hydroxyl groups is 1. The molecule has 0 aliphatic heterocycles. The lowest BCUT2D eigenvalue weighted by atomic mass is 9.99. The smallest absolute Gasteiger partial charge is 0.256 e. The second-order valence-electron chi connectivity index (χ2n) is 6.44. The first-order valence-corrected chi connectivity index (χ1v) is 9.30. The summed E-state index contributed by atoms with van der Waals surface area (Å²) in [7, 11) is 1.56. The number of nitrogens with zero attached hydrogens (tertiary/aromatic N) is 2. The van der Waals surface area contributed by atoms with E-state index >= 15 is 0 Å². The zero-order valence-electron chi connectivity index (χ0n) is 16.6. The highest BCUT2D eigenvalue weighted by atomic mass is 19.1. The summed E-state index contributed by atoms with van der Waals surface area (Å²) in [5, 5.41) is 12.6. The van der Waals surface area contributed by atoms with Crippen LogP contribution >= 0.6 is 0 Å². The summed E-state index contributed by atoms with van der Waals surface area (Å²) in [6, 6.07) is 13.1. The molecule has 0 radical (unpaired) electrons. The summed E-state index contributed by atoms with van der Waals surface area (Å²) in [6.07, 6.45) is 0. The monoisotopic (exact) mass is 409 g/mol. The van der Waals surface area contributed by atoms with Crippen molar-refractivity contribution in [2.45, 2.75) is 6.92 Å². The highest BCUT2D eigenvalue weighted by molar-refractivity contribution is 6.15. The molecule has 0 atom stereocenters. The molecular formula is C23H21F2N3O2. The molecule has 2 aromatic carbocycles. The van der Waals surface area contributed by atoms with E-state index in [1.165, 1.54) is 12.1 Å². The maximum absolute atomic E-state index is 14.5. The number of aliphatic imine (C=N–C) groups is 1. The number of anilines is 1. The first-order valence-electron chi connectivity index (χ1n) is 9.30. The van der Waals surface area contributed by atoms with Gasteiger partial charge in [-0.15, -0.1) is 0 Å². The molecule has 0 aliphatic carbocycles. The van der Waals surface area contributed by atoms with Crippen molar-refractivity contribution >= 4 is 17.3 Å². The molecule has 0 amide bonds. The minimum absolute atomic E-state index is 0.0973. The topological polar surface area (TPSA) is 66.6 Å². The summed E-state index contributed by atoms with van der Waals surface area (Å²) in [4.78, 5) is 17.2. The number of pyridine rings is 1. The van der Waals surface area contributed by atoms with E-state index in [9.17, 15) is 18.7 Å². The van der Waals surface area contributed by atoms with Crippen molar-refractivity contribution in [3.8, 4) is 5.69 Å². The number of para-hydroxylation sites is 1. The van der Waals surface area contributed by atoms with Gasteiger partial charge in [-0.05, 0) is 31.2 Å². The lowest BCUT2D eigenvalue weighted by molar-refractivity contribution is 0.514. The SMILES string of the molecule is C=C(O)c1cccc(C(=NCC)c2ccc(=O)n(-c3c(F)cccc3F)c2NC)c1. The van der Waals surface area contributed by atoms with Crippen LogP contribution in [0.15, 0.2) is 71.0 Å². The molecule has 1 heterocycles. The van der Waals surface area contributed by atoms with Crippen LogP contribution in [0.1, 0.15) is 23.6 Å². The zero-order chi connectivity index (χ0) is 21.8. The molecule has 30 heavy (non-hydrogen) atoms. The molecule has 3 rings (SSSR count). The Morgan fingerprint density at radius 2 is 1.73 bits per heavy atom. The number of benzene rings is 2. The van der Waals surface area contributed by atoms with E-state index in [1.54, 1.807) is 37.4 Å². The van der Waals surface area contributed by atoms with Crippen LogP contribution in [-0.4, -0.2) is 29.0 Å². The van der Waals surface area contributed by atoms with Gasteiger partial charge in [0.25, 0.3) is 5.56 Å². The average Bonchev–Trinajstić information content (AvgIpc) is 2.73. The van der Waals surface area contributed by atoms with Crippen molar-refractivity contribution in [2.75, 3.05) is 18.9 Å². The predicted octanol–water partition coefficient (Wildman–Crippen LogP) is 4.54. The molecule has 5 nitrogen and oxygen atoms in total. The van der Waals surface area contributed by atoms with E-state index in [1.807, 2.05) is 6.92 Å². The molecule has 2 N–H and O–H groups in total. The molecule has 0 spiro atoms. The lowest BCUT2D eigenvalue weighted by Gasteiger charge is -2.19. The molecule has 0 bridgehead atoms. The van der Waals surface area contributed by atoms with Crippen molar-refractivity contribution in [2.24, 2.45) is 4.99 Å². The Balaban J connectivity index is 2.33. The number of hydrogen-bond donors (Lipinski definition) is 2.